The minimum Gasteiger partial charge on any atom is -0.512 e. The van der Waals surface area contributed by atoms with Crippen molar-refractivity contribution >= 4 is 0 Å². The molecule has 0 aromatic rings. The van der Waals surface area contributed by atoms with Crippen molar-refractivity contribution in [3.63, 3.8) is 0 Å². The van der Waals surface area contributed by atoms with Crippen molar-refractivity contribution < 1.29 is 10.2 Å². The highest BCUT2D eigenvalue weighted by Crippen LogP contribution is 2.65. The largest absolute Gasteiger partial charge is 0.512 e. The summed E-state index contributed by atoms with van der Waals surface area (Å²) in [7, 11) is 0. The molecule has 4 rings (SSSR count). The molecule has 0 heterocycles. The molecule has 7 atom stereocenters. The third-order valence-electron chi connectivity index (χ3n) is 7.95. The van der Waals surface area contributed by atoms with E-state index in [1.165, 1.54) is 12.0 Å². The first kappa shape index (κ1) is 14.8. The summed E-state index contributed by atoms with van der Waals surface area (Å²) < 4.78 is 0. The normalized spacial score (nSPS) is 53.9. The number of fused-ring (bicyclic) bond motifs is 5. The minimum atomic E-state index is -0.130. The summed E-state index contributed by atoms with van der Waals surface area (Å²) in [5.41, 5.74) is 1.83. The van der Waals surface area contributed by atoms with Crippen molar-refractivity contribution in [1.29, 1.82) is 0 Å². The van der Waals surface area contributed by atoms with E-state index in [1.807, 2.05) is 0 Å². The van der Waals surface area contributed by atoms with Gasteiger partial charge in [0.15, 0.2) is 0 Å². The first-order valence-electron chi connectivity index (χ1n) is 9.15. The van der Waals surface area contributed by atoms with Gasteiger partial charge in [0.25, 0.3) is 0 Å². The van der Waals surface area contributed by atoms with Crippen LogP contribution in [-0.4, -0.2) is 16.3 Å². The zero-order chi connectivity index (χ0) is 15.7. The fourth-order valence-corrected chi connectivity index (χ4v) is 6.55. The van der Waals surface area contributed by atoms with E-state index in [-0.39, 0.29) is 16.9 Å². The highest BCUT2D eigenvalue weighted by atomic mass is 16.3. The second kappa shape index (κ2) is 4.63. The van der Waals surface area contributed by atoms with E-state index in [4.69, 9.17) is 0 Å². The third kappa shape index (κ3) is 1.76. The second-order valence-electron chi connectivity index (χ2n) is 8.94. The Balaban J connectivity index is 1.74. The van der Waals surface area contributed by atoms with Crippen molar-refractivity contribution in [1.82, 2.24) is 0 Å². The fraction of sp³-hybridized carbons (Fsp3) is 0.800. The molecular weight excluding hydrogens is 272 g/mol. The maximum absolute atomic E-state index is 10.4. The Kier molecular flexibility index (Phi) is 3.11. The van der Waals surface area contributed by atoms with Crippen LogP contribution in [0.4, 0.5) is 0 Å². The molecule has 0 saturated heterocycles. The summed E-state index contributed by atoms with van der Waals surface area (Å²) in [4.78, 5) is 0. The Morgan fingerprint density at radius 3 is 2.59 bits per heavy atom. The third-order valence-corrected chi connectivity index (χ3v) is 7.95. The first-order chi connectivity index (χ1) is 10.4. The summed E-state index contributed by atoms with van der Waals surface area (Å²) in [6.45, 7) is 7.11. The van der Waals surface area contributed by atoms with E-state index in [9.17, 15) is 10.2 Å². The average molecular weight is 302 g/mol. The van der Waals surface area contributed by atoms with Crippen molar-refractivity contribution in [2.75, 3.05) is 0 Å². The van der Waals surface area contributed by atoms with Gasteiger partial charge in [0.05, 0.1) is 11.9 Å². The van der Waals surface area contributed by atoms with Gasteiger partial charge in [-0.3, -0.25) is 0 Å². The van der Waals surface area contributed by atoms with Crippen LogP contribution < -0.4 is 0 Å². The van der Waals surface area contributed by atoms with Gasteiger partial charge in [-0.1, -0.05) is 32.4 Å². The molecule has 122 valence electrons. The van der Waals surface area contributed by atoms with Gasteiger partial charge in [-0.2, -0.15) is 0 Å². The van der Waals surface area contributed by atoms with Crippen molar-refractivity contribution in [3.8, 4) is 0 Å². The molecule has 4 aliphatic rings. The zero-order valence-corrected chi connectivity index (χ0v) is 14.2. The molecule has 2 saturated carbocycles. The number of hydrogen-bond acceptors (Lipinski definition) is 2. The number of hydrogen-bond donors (Lipinski definition) is 2. The highest BCUT2D eigenvalue weighted by molar-refractivity contribution is 5.29. The van der Waals surface area contributed by atoms with E-state index in [0.29, 0.717) is 23.5 Å². The molecule has 0 aliphatic heterocycles. The predicted octanol–water partition coefficient (Wildman–Crippen LogP) is 4.61. The lowest BCUT2D eigenvalue weighted by atomic mass is 9.46. The monoisotopic (exact) mass is 302 g/mol. The van der Waals surface area contributed by atoms with E-state index in [1.54, 1.807) is 0 Å². The summed E-state index contributed by atoms with van der Waals surface area (Å²) in [6.07, 6.45) is 10.8. The van der Waals surface area contributed by atoms with Crippen LogP contribution in [0.2, 0.25) is 0 Å². The lowest BCUT2D eigenvalue weighted by Gasteiger charge is -2.59. The van der Waals surface area contributed by atoms with Crippen molar-refractivity contribution in [2.24, 2.45) is 34.5 Å². The number of rotatable bonds is 0. The Morgan fingerprint density at radius 1 is 1.09 bits per heavy atom. The van der Waals surface area contributed by atoms with E-state index in [0.717, 1.165) is 38.0 Å². The van der Waals surface area contributed by atoms with Gasteiger partial charge >= 0.3 is 0 Å². The van der Waals surface area contributed by atoms with Gasteiger partial charge in [0, 0.05) is 5.41 Å². The smallest absolute Gasteiger partial charge is 0.0944 e. The molecule has 4 aliphatic carbocycles. The van der Waals surface area contributed by atoms with Crippen LogP contribution in [0, 0.1) is 34.5 Å². The fourth-order valence-electron chi connectivity index (χ4n) is 6.55. The van der Waals surface area contributed by atoms with Gasteiger partial charge in [-0.15, -0.1) is 0 Å². The van der Waals surface area contributed by atoms with Crippen LogP contribution in [0.15, 0.2) is 23.5 Å². The number of aliphatic hydroxyl groups is 2. The quantitative estimate of drug-likeness (QED) is 0.642. The van der Waals surface area contributed by atoms with Crippen LogP contribution in [0.25, 0.3) is 0 Å². The Morgan fingerprint density at radius 2 is 1.82 bits per heavy atom. The predicted molar refractivity (Wildman–Crippen MR) is 88.4 cm³/mol. The van der Waals surface area contributed by atoms with E-state index in [2.05, 4.69) is 32.9 Å². The number of allylic oxidation sites excluding steroid dienone is 3. The summed E-state index contributed by atoms with van der Waals surface area (Å²) in [5.74, 6) is 3.24. The molecule has 2 N–H and O–H groups in total. The van der Waals surface area contributed by atoms with Gasteiger partial charge in [-0.25, -0.2) is 0 Å². The highest BCUT2D eigenvalue weighted by Gasteiger charge is 2.58. The summed E-state index contributed by atoms with van der Waals surface area (Å²) >= 11 is 0. The SMILES string of the molecule is CC1C=C2CC(O)CC[C@]2(C)[C@@H]2CC[C@]3(C)C(O)=CC[C@H]3[C@H]12. The lowest BCUT2D eigenvalue weighted by molar-refractivity contribution is -0.0567. The zero-order valence-electron chi connectivity index (χ0n) is 14.2. The molecule has 0 amide bonds. The van der Waals surface area contributed by atoms with Gasteiger partial charge in [0.1, 0.15) is 0 Å². The van der Waals surface area contributed by atoms with Gasteiger partial charge in [0.2, 0.25) is 0 Å². The lowest BCUT2D eigenvalue weighted by Crippen LogP contribution is -2.52. The van der Waals surface area contributed by atoms with E-state index >= 15 is 0 Å². The molecule has 0 radical (unpaired) electrons. The first-order valence-corrected chi connectivity index (χ1v) is 9.15. The Bertz CT molecular complexity index is 548. The standard InChI is InChI=1S/C20H30O2/c1-12-10-13-11-14(21)6-8-19(13,2)16-7-9-20(3)15(18(12)16)4-5-17(20)22/h5,10,12,14-16,18,21-22H,4,6-9,11H2,1-3H3/t12?,14?,15-,16+,18-,19-,20-/m0/s1. The molecule has 2 fully saturated rings. The Hall–Kier alpha value is -0.760. The second-order valence-corrected chi connectivity index (χ2v) is 8.94. The molecule has 2 heteroatoms. The van der Waals surface area contributed by atoms with E-state index < -0.39 is 0 Å². The average Bonchev–Trinajstić information content (AvgIpc) is 2.77. The molecule has 0 spiro atoms. The molecule has 0 aromatic heterocycles. The van der Waals surface area contributed by atoms with Crippen LogP contribution in [0.1, 0.15) is 59.3 Å². The maximum Gasteiger partial charge on any atom is 0.0944 e. The molecule has 22 heavy (non-hydrogen) atoms. The van der Waals surface area contributed by atoms with Crippen LogP contribution in [0.3, 0.4) is 0 Å². The molecule has 0 bridgehead atoms. The molecule has 0 aromatic carbocycles. The van der Waals surface area contributed by atoms with Gasteiger partial charge in [-0.05, 0) is 73.7 Å². The molecular formula is C20H30O2. The summed E-state index contributed by atoms with van der Waals surface area (Å²) in [6, 6.07) is 0. The van der Waals surface area contributed by atoms with Crippen LogP contribution >= 0.6 is 0 Å². The molecule has 2 nitrogen and oxygen atoms in total. The van der Waals surface area contributed by atoms with Crippen LogP contribution in [-0.2, 0) is 0 Å². The van der Waals surface area contributed by atoms with Crippen molar-refractivity contribution in [3.05, 3.63) is 23.5 Å². The molecule has 2 unspecified atom stereocenters. The number of aliphatic hydroxyl groups excluding tert-OH is 2. The van der Waals surface area contributed by atoms with Crippen molar-refractivity contribution in [2.45, 2.75) is 65.4 Å². The minimum absolute atomic E-state index is 0.0192. The van der Waals surface area contributed by atoms with Crippen LogP contribution in [0.5, 0.6) is 0 Å². The van der Waals surface area contributed by atoms with Gasteiger partial charge < -0.3 is 10.2 Å². The maximum atomic E-state index is 10.4. The topological polar surface area (TPSA) is 40.5 Å². The summed E-state index contributed by atoms with van der Waals surface area (Å²) in [5, 5.41) is 20.5. The Labute approximate surface area is 134 Å².